The number of nitrogens with zero attached hydrogens (tertiary/aromatic N) is 4. The lowest BCUT2D eigenvalue weighted by atomic mass is 10.1. The number of aromatic nitrogens is 3. The lowest BCUT2D eigenvalue weighted by molar-refractivity contribution is -0.0221. The number of urea groups is 1. The molecule has 8 heteroatoms. The Hall–Kier alpha value is -1.67. The van der Waals surface area contributed by atoms with Gasteiger partial charge in [-0.15, -0.1) is 10.2 Å². The first-order valence-corrected chi connectivity index (χ1v) is 8.91. The van der Waals surface area contributed by atoms with Gasteiger partial charge in [0.2, 0.25) is 0 Å². The molecule has 0 aromatic carbocycles. The van der Waals surface area contributed by atoms with Crippen molar-refractivity contribution in [2.24, 2.45) is 0 Å². The van der Waals surface area contributed by atoms with Gasteiger partial charge in [0.05, 0.1) is 19.3 Å². The van der Waals surface area contributed by atoms with E-state index < -0.39 is 0 Å². The van der Waals surface area contributed by atoms with Gasteiger partial charge in [0, 0.05) is 26.2 Å². The highest BCUT2D eigenvalue weighted by Crippen LogP contribution is 2.20. The molecule has 0 spiro atoms. The summed E-state index contributed by atoms with van der Waals surface area (Å²) >= 11 is 0. The second-order valence-electron chi connectivity index (χ2n) is 6.29. The van der Waals surface area contributed by atoms with Gasteiger partial charge in [-0.05, 0) is 32.6 Å². The zero-order valence-corrected chi connectivity index (χ0v) is 14.3. The number of hydrogen-bond donors (Lipinski definition) is 1. The fraction of sp³-hybridized carbons (Fsp3) is 0.812. The van der Waals surface area contributed by atoms with Crippen LogP contribution in [0.2, 0.25) is 0 Å². The molecule has 1 aromatic heterocycles. The molecular formula is C16H27N5O3. The molecule has 0 saturated carbocycles. The number of hydrogen-bond acceptors (Lipinski definition) is 5. The molecule has 2 saturated heterocycles. The van der Waals surface area contributed by atoms with Gasteiger partial charge in [0.15, 0.2) is 5.82 Å². The normalized spacial score (nSPS) is 24.8. The molecule has 0 radical (unpaired) electrons. The molecule has 1 aromatic rings. The molecule has 2 fully saturated rings. The highest BCUT2D eigenvalue weighted by Gasteiger charge is 2.28. The van der Waals surface area contributed by atoms with E-state index in [1.807, 2.05) is 11.5 Å². The monoisotopic (exact) mass is 337 g/mol. The van der Waals surface area contributed by atoms with E-state index in [9.17, 15) is 4.79 Å². The standard InChI is InChI=1S/C16H27N5O3/c1-2-20-12-18-19-15(20)14-11-21(8-10-24-14)16(22)17-7-6-13-5-3-4-9-23-13/h12-14H,2-11H2,1H3,(H,17,22)/t13-,14-/m1/s1. The summed E-state index contributed by atoms with van der Waals surface area (Å²) in [7, 11) is 0. The van der Waals surface area contributed by atoms with E-state index in [0.29, 0.717) is 32.3 Å². The third kappa shape index (κ3) is 4.24. The summed E-state index contributed by atoms with van der Waals surface area (Å²) in [5.74, 6) is 0.783. The van der Waals surface area contributed by atoms with E-state index in [-0.39, 0.29) is 12.1 Å². The zero-order chi connectivity index (χ0) is 16.8. The van der Waals surface area contributed by atoms with Crippen LogP contribution in [0.25, 0.3) is 0 Å². The maximum absolute atomic E-state index is 12.4. The quantitative estimate of drug-likeness (QED) is 0.877. The van der Waals surface area contributed by atoms with Gasteiger partial charge >= 0.3 is 6.03 Å². The Labute approximate surface area is 142 Å². The summed E-state index contributed by atoms with van der Waals surface area (Å²) in [4.78, 5) is 14.2. The SMILES string of the molecule is CCn1cnnc1[C@H]1CN(C(=O)NCC[C@H]2CCCCO2)CCO1. The zero-order valence-electron chi connectivity index (χ0n) is 14.3. The maximum atomic E-state index is 12.4. The van der Waals surface area contributed by atoms with Crippen LogP contribution in [-0.4, -0.2) is 64.6 Å². The molecule has 134 valence electrons. The Morgan fingerprint density at radius 2 is 2.29 bits per heavy atom. The molecule has 0 aliphatic carbocycles. The fourth-order valence-electron chi connectivity index (χ4n) is 3.23. The third-order valence-electron chi connectivity index (χ3n) is 4.64. The molecule has 0 unspecified atom stereocenters. The Bertz CT molecular complexity index is 530. The van der Waals surface area contributed by atoms with Crippen molar-refractivity contribution in [1.29, 1.82) is 0 Å². The van der Waals surface area contributed by atoms with Crippen molar-refractivity contribution in [1.82, 2.24) is 25.0 Å². The number of aryl methyl sites for hydroxylation is 1. The molecule has 8 nitrogen and oxygen atoms in total. The van der Waals surface area contributed by atoms with Crippen molar-refractivity contribution >= 4 is 6.03 Å². The van der Waals surface area contributed by atoms with Crippen LogP contribution in [0.4, 0.5) is 4.79 Å². The average Bonchev–Trinajstić information content (AvgIpc) is 3.11. The summed E-state index contributed by atoms with van der Waals surface area (Å²) < 4.78 is 13.4. The first kappa shape index (κ1) is 17.2. The fourth-order valence-corrected chi connectivity index (χ4v) is 3.23. The van der Waals surface area contributed by atoms with Crippen LogP contribution in [0.5, 0.6) is 0 Å². The van der Waals surface area contributed by atoms with Crippen molar-refractivity contribution < 1.29 is 14.3 Å². The van der Waals surface area contributed by atoms with Crippen LogP contribution in [-0.2, 0) is 16.0 Å². The van der Waals surface area contributed by atoms with Crippen molar-refractivity contribution in [3.63, 3.8) is 0 Å². The van der Waals surface area contributed by atoms with Crippen LogP contribution < -0.4 is 5.32 Å². The van der Waals surface area contributed by atoms with Crippen LogP contribution in [0.1, 0.15) is 44.5 Å². The smallest absolute Gasteiger partial charge is 0.317 e. The first-order chi connectivity index (χ1) is 11.8. The molecule has 3 rings (SSSR count). The molecule has 24 heavy (non-hydrogen) atoms. The highest BCUT2D eigenvalue weighted by atomic mass is 16.5. The predicted molar refractivity (Wildman–Crippen MR) is 87.6 cm³/mol. The summed E-state index contributed by atoms with van der Waals surface area (Å²) in [6.07, 6.45) is 6.13. The van der Waals surface area contributed by atoms with Gasteiger partial charge in [-0.25, -0.2) is 4.79 Å². The van der Waals surface area contributed by atoms with Crippen molar-refractivity contribution in [2.75, 3.05) is 32.8 Å². The van der Waals surface area contributed by atoms with Crippen LogP contribution in [0, 0.1) is 0 Å². The van der Waals surface area contributed by atoms with Gasteiger partial charge < -0.3 is 24.3 Å². The van der Waals surface area contributed by atoms with Crippen molar-refractivity contribution in [2.45, 2.75) is 51.4 Å². The van der Waals surface area contributed by atoms with E-state index in [1.165, 1.54) is 6.42 Å². The third-order valence-corrected chi connectivity index (χ3v) is 4.64. The number of nitrogens with one attached hydrogen (secondary N) is 1. The molecule has 2 amide bonds. The number of carbonyl (C=O) groups is 1. The van der Waals surface area contributed by atoms with Gasteiger partial charge in [-0.2, -0.15) is 0 Å². The Kier molecular flexibility index (Phi) is 6.03. The summed E-state index contributed by atoms with van der Waals surface area (Å²) in [5, 5.41) is 11.1. The largest absolute Gasteiger partial charge is 0.378 e. The van der Waals surface area contributed by atoms with E-state index in [0.717, 1.165) is 38.2 Å². The lowest BCUT2D eigenvalue weighted by Crippen LogP contribution is -2.48. The van der Waals surface area contributed by atoms with E-state index in [1.54, 1.807) is 11.2 Å². The van der Waals surface area contributed by atoms with Gasteiger partial charge in [0.1, 0.15) is 12.4 Å². The number of rotatable bonds is 5. The topological polar surface area (TPSA) is 81.5 Å². The summed E-state index contributed by atoms with van der Waals surface area (Å²) in [6.45, 7) is 5.94. The minimum absolute atomic E-state index is 0.0401. The number of carbonyl (C=O) groups excluding carboxylic acids is 1. The Morgan fingerprint density at radius 3 is 3.08 bits per heavy atom. The Balaban J connectivity index is 1.46. The molecule has 2 aliphatic heterocycles. The number of ether oxygens (including phenoxy) is 2. The van der Waals surface area contributed by atoms with E-state index >= 15 is 0 Å². The van der Waals surface area contributed by atoms with Gasteiger partial charge in [-0.3, -0.25) is 0 Å². The summed E-state index contributed by atoms with van der Waals surface area (Å²) in [6, 6.07) is -0.0401. The molecule has 2 atom stereocenters. The molecular weight excluding hydrogens is 310 g/mol. The first-order valence-electron chi connectivity index (χ1n) is 8.91. The minimum Gasteiger partial charge on any atom is -0.378 e. The lowest BCUT2D eigenvalue weighted by Gasteiger charge is -2.32. The molecule has 3 heterocycles. The molecule has 0 bridgehead atoms. The van der Waals surface area contributed by atoms with Gasteiger partial charge in [0.25, 0.3) is 0 Å². The van der Waals surface area contributed by atoms with Crippen LogP contribution >= 0.6 is 0 Å². The van der Waals surface area contributed by atoms with E-state index in [4.69, 9.17) is 9.47 Å². The van der Waals surface area contributed by atoms with Crippen molar-refractivity contribution in [3.8, 4) is 0 Å². The predicted octanol–water partition coefficient (Wildman–Crippen LogP) is 1.34. The van der Waals surface area contributed by atoms with Crippen LogP contribution in [0.3, 0.4) is 0 Å². The minimum atomic E-state index is -0.214. The number of amides is 2. The van der Waals surface area contributed by atoms with Gasteiger partial charge in [-0.1, -0.05) is 0 Å². The summed E-state index contributed by atoms with van der Waals surface area (Å²) in [5.41, 5.74) is 0. The average molecular weight is 337 g/mol. The second kappa shape index (κ2) is 8.43. The van der Waals surface area contributed by atoms with E-state index in [2.05, 4.69) is 15.5 Å². The van der Waals surface area contributed by atoms with Crippen molar-refractivity contribution in [3.05, 3.63) is 12.2 Å². The Morgan fingerprint density at radius 1 is 1.38 bits per heavy atom. The second-order valence-corrected chi connectivity index (χ2v) is 6.29. The molecule has 2 aliphatic rings. The molecule has 1 N–H and O–H groups in total. The maximum Gasteiger partial charge on any atom is 0.317 e. The number of morpholine rings is 1. The highest BCUT2D eigenvalue weighted by molar-refractivity contribution is 5.74. The van der Waals surface area contributed by atoms with Crippen LogP contribution in [0.15, 0.2) is 6.33 Å².